The van der Waals surface area contributed by atoms with E-state index in [2.05, 4.69) is 34.6 Å². The Morgan fingerprint density at radius 1 is 1.09 bits per heavy atom. The Morgan fingerprint density at radius 2 is 1.77 bits per heavy atom. The maximum absolute atomic E-state index is 12.8. The topological polar surface area (TPSA) is 109 Å². The lowest BCUT2D eigenvalue weighted by molar-refractivity contribution is -0.138. The van der Waals surface area contributed by atoms with Crippen LogP contribution in [0.2, 0.25) is 0 Å². The monoisotopic (exact) mass is 491 g/mol. The second-order valence-corrected chi connectivity index (χ2v) is 9.70. The van der Waals surface area contributed by atoms with Gasteiger partial charge in [0.15, 0.2) is 5.13 Å². The molecule has 5 rings (SSSR count). The van der Waals surface area contributed by atoms with E-state index in [1.807, 2.05) is 24.3 Å². The van der Waals surface area contributed by atoms with Crippen LogP contribution in [-0.4, -0.2) is 52.7 Å². The van der Waals surface area contributed by atoms with Crippen LogP contribution in [0.5, 0.6) is 0 Å². The van der Waals surface area contributed by atoms with Crippen molar-refractivity contribution in [2.24, 2.45) is 5.92 Å². The highest BCUT2D eigenvalue weighted by atomic mass is 32.1. The van der Waals surface area contributed by atoms with Crippen molar-refractivity contribution in [3.05, 3.63) is 70.7 Å². The Hall–Kier alpha value is -3.72. The standard InChI is InChI=1S/C26H25N3O5S/c30-23(31)12-16-6-5-11-29(13-16)24(32)22-15-35-25(27-22)28-26(33)34-14-21-19-9-3-1-7-17(19)18-8-2-4-10-20(18)21/h1-4,7-10,15-16,21H,5-6,11-14H2,(H,30,31)(H,27,28,33). The number of aliphatic carboxylic acids is 1. The van der Waals surface area contributed by atoms with Gasteiger partial charge in [-0.3, -0.25) is 14.9 Å². The molecular formula is C26H25N3O5S. The summed E-state index contributed by atoms with van der Waals surface area (Å²) in [5, 5.41) is 13.5. The van der Waals surface area contributed by atoms with Gasteiger partial charge in [0.1, 0.15) is 12.3 Å². The average molecular weight is 492 g/mol. The lowest BCUT2D eigenvalue weighted by atomic mass is 9.95. The lowest BCUT2D eigenvalue weighted by Crippen LogP contribution is -2.40. The molecule has 2 aromatic carbocycles. The third-order valence-corrected chi connectivity index (χ3v) is 7.30. The molecule has 1 atom stereocenters. The molecule has 2 amide bonds. The van der Waals surface area contributed by atoms with E-state index in [-0.39, 0.29) is 41.6 Å². The highest BCUT2D eigenvalue weighted by Crippen LogP contribution is 2.44. The zero-order valence-electron chi connectivity index (χ0n) is 19.0. The molecule has 180 valence electrons. The number of nitrogens with zero attached hydrogens (tertiary/aromatic N) is 2. The Balaban J connectivity index is 1.19. The van der Waals surface area contributed by atoms with Crippen LogP contribution >= 0.6 is 11.3 Å². The van der Waals surface area contributed by atoms with E-state index in [1.54, 1.807) is 10.3 Å². The first-order valence-electron chi connectivity index (χ1n) is 11.6. The van der Waals surface area contributed by atoms with Gasteiger partial charge in [-0.05, 0) is 41.0 Å². The maximum atomic E-state index is 12.8. The van der Waals surface area contributed by atoms with Crippen LogP contribution in [0.4, 0.5) is 9.93 Å². The number of carbonyl (C=O) groups excluding carboxylic acids is 2. The molecule has 3 aromatic rings. The summed E-state index contributed by atoms with van der Waals surface area (Å²) in [4.78, 5) is 42.3. The summed E-state index contributed by atoms with van der Waals surface area (Å²) in [7, 11) is 0. The number of hydrogen-bond acceptors (Lipinski definition) is 6. The number of hydrogen-bond donors (Lipinski definition) is 2. The number of anilines is 1. The van der Waals surface area contributed by atoms with Gasteiger partial charge in [-0.25, -0.2) is 9.78 Å². The average Bonchev–Trinajstić information content (AvgIpc) is 3.45. The molecule has 1 aliphatic carbocycles. The van der Waals surface area contributed by atoms with Gasteiger partial charge in [-0.15, -0.1) is 11.3 Å². The largest absolute Gasteiger partial charge is 0.481 e. The molecule has 1 saturated heterocycles. The highest BCUT2D eigenvalue weighted by molar-refractivity contribution is 7.14. The number of nitrogens with one attached hydrogen (secondary N) is 1. The molecule has 1 aliphatic heterocycles. The Morgan fingerprint density at radius 3 is 2.46 bits per heavy atom. The number of likely N-dealkylation sites (tertiary alicyclic amines) is 1. The number of carbonyl (C=O) groups is 3. The van der Waals surface area contributed by atoms with Crippen LogP contribution in [0.15, 0.2) is 53.9 Å². The van der Waals surface area contributed by atoms with Gasteiger partial charge in [0.25, 0.3) is 5.91 Å². The van der Waals surface area contributed by atoms with Crippen molar-refractivity contribution in [2.75, 3.05) is 25.0 Å². The van der Waals surface area contributed by atoms with E-state index >= 15 is 0 Å². The summed E-state index contributed by atoms with van der Waals surface area (Å²) in [5.74, 6) is -1.20. The molecule has 0 bridgehead atoms. The first-order chi connectivity index (χ1) is 17.0. The van der Waals surface area contributed by atoms with Crippen molar-refractivity contribution in [3.8, 4) is 11.1 Å². The lowest BCUT2D eigenvalue weighted by Gasteiger charge is -2.31. The van der Waals surface area contributed by atoms with Crippen LogP contribution in [0.25, 0.3) is 11.1 Å². The van der Waals surface area contributed by atoms with Crippen molar-refractivity contribution < 1.29 is 24.2 Å². The molecule has 35 heavy (non-hydrogen) atoms. The molecule has 0 radical (unpaired) electrons. The van der Waals surface area contributed by atoms with Gasteiger partial charge in [-0.2, -0.15) is 0 Å². The van der Waals surface area contributed by atoms with E-state index in [4.69, 9.17) is 9.84 Å². The van der Waals surface area contributed by atoms with Crippen LogP contribution in [-0.2, 0) is 9.53 Å². The molecular weight excluding hydrogens is 466 g/mol. The molecule has 1 fully saturated rings. The van der Waals surface area contributed by atoms with Gasteiger partial charge in [0.2, 0.25) is 0 Å². The minimum atomic E-state index is -0.854. The number of thiazole rings is 1. The van der Waals surface area contributed by atoms with Gasteiger partial charge in [-0.1, -0.05) is 48.5 Å². The Labute approximate surface area is 206 Å². The molecule has 2 aliphatic rings. The summed E-state index contributed by atoms with van der Waals surface area (Å²) in [6, 6.07) is 16.2. The molecule has 9 heteroatoms. The third-order valence-electron chi connectivity index (χ3n) is 6.55. The van der Waals surface area contributed by atoms with E-state index in [9.17, 15) is 14.4 Å². The van der Waals surface area contributed by atoms with Gasteiger partial charge in [0.05, 0.1) is 0 Å². The fraction of sp³-hybridized carbons (Fsp3) is 0.308. The van der Waals surface area contributed by atoms with Crippen LogP contribution in [0.1, 0.15) is 46.8 Å². The predicted octanol–water partition coefficient (Wildman–Crippen LogP) is 4.83. The van der Waals surface area contributed by atoms with Crippen LogP contribution < -0.4 is 5.32 Å². The van der Waals surface area contributed by atoms with Crippen molar-refractivity contribution >= 4 is 34.4 Å². The summed E-state index contributed by atoms with van der Waals surface area (Å²) in [5.41, 5.74) is 4.81. The first kappa shape index (κ1) is 23.0. The number of rotatable bonds is 6. The molecule has 2 heterocycles. The molecule has 2 N–H and O–H groups in total. The molecule has 1 aromatic heterocycles. The SMILES string of the molecule is O=C(O)CC1CCCN(C(=O)c2csc(NC(=O)OCC3c4ccccc4-c4ccccc43)n2)C1. The number of ether oxygens (including phenoxy) is 1. The summed E-state index contributed by atoms with van der Waals surface area (Å²) in [6.07, 6.45) is 0.982. The van der Waals surface area contributed by atoms with Crippen molar-refractivity contribution in [1.29, 1.82) is 0 Å². The number of amides is 2. The molecule has 1 unspecified atom stereocenters. The zero-order chi connectivity index (χ0) is 24.4. The zero-order valence-corrected chi connectivity index (χ0v) is 19.8. The quantitative estimate of drug-likeness (QED) is 0.511. The number of carboxylic acid groups (broad SMARTS) is 1. The van der Waals surface area contributed by atoms with Gasteiger partial charge in [0, 0.05) is 30.8 Å². The predicted molar refractivity (Wildman–Crippen MR) is 132 cm³/mol. The van der Waals surface area contributed by atoms with Gasteiger partial charge >= 0.3 is 12.1 Å². The van der Waals surface area contributed by atoms with Crippen LogP contribution in [0, 0.1) is 5.92 Å². The van der Waals surface area contributed by atoms with Crippen LogP contribution in [0.3, 0.4) is 0 Å². The maximum Gasteiger partial charge on any atom is 0.413 e. The fourth-order valence-electron chi connectivity index (χ4n) is 4.98. The minimum Gasteiger partial charge on any atom is -0.481 e. The smallest absolute Gasteiger partial charge is 0.413 e. The second kappa shape index (κ2) is 9.87. The molecule has 0 spiro atoms. The Bertz CT molecular complexity index is 1230. The highest BCUT2D eigenvalue weighted by Gasteiger charge is 2.30. The number of benzene rings is 2. The summed E-state index contributed by atoms with van der Waals surface area (Å²) in [6.45, 7) is 1.16. The van der Waals surface area contributed by atoms with Gasteiger partial charge < -0.3 is 14.7 Å². The van der Waals surface area contributed by atoms with E-state index < -0.39 is 12.1 Å². The fourth-order valence-corrected chi connectivity index (χ4v) is 5.65. The first-order valence-corrected chi connectivity index (χ1v) is 12.5. The van der Waals surface area contributed by atoms with E-state index in [0.29, 0.717) is 13.1 Å². The Kier molecular flexibility index (Phi) is 6.50. The molecule has 8 nitrogen and oxygen atoms in total. The second-order valence-electron chi connectivity index (χ2n) is 8.85. The minimum absolute atomic E-state index is 0.0422. The van der Waals surface area contributed by atoms with E-state index in [0.717, 1.165) is 46.4 Å². The van der Waals surface area contributed by atoms with Crippen molar-refractivity contribution in [2.45, 2.75) is 25.2 Å². The third kappa shape index (κ3) is 4.90. The van der Waals surface area contributed by atoms with E-state index in [1.165, 1.54) is 0 Å². The van der Waals surface area contributed by atoms with Crippen molar-refractivity contribution in [1.82, 2.24) is 9.88 Å². The van der Waals surface area contributed by atoms with Crippen molar-refractivity contribution in [3.63, 3.8) is 0 Å². The number of fused-ring (bicyclic) bond motifs is 3. The normalized spacial score (nSPS) is 16.9. The number of carboxylic acids is 1. The molecule has 0 saturated carbocycles. The number of aromatic nitrogens is 1. The summed E-state index contributed by atoms with van der Waals surface area (Å²) >= 11 is 1.15. The number of piperidine rings is 1. The summed E-state index contributed by atoms with van der Waals surface area (Å²) < 4.78 is 5.55.